The molecule has 0 atom stereocenters. The van der Waals surface area contributed by atoms with Gasteiger partial charge in [-0.05, 0) is 50.1 Å². The number of nitrogens with zero attached hydrogens (tertiary/aromatic N) is 2. The Morgan fingerprint density at radius 2 is 1.81 bits per heavy atom. The molecule has 0 fully saturated rings. The lowest BCUT2D eigenvalue weighted by Gasteiger charge is -2.20. The van der Waals surface area contributed by atoms with Gasteiger partial charge in [0.15, 0.2) is 10.8 Å². The number of amides is 1. The van der Waals surface area contributed by atoms with Gasteiger partial charge in [-0.2, -0.15) is 0 Å². The van der Waals surface area contributed by atoms with Gasteiger partial charge < -0.3 is 9.47 Å². The number of methoxy groups -OCH3 is 1. The van der Waals surface area contributed by atoms with Crippen LogP contribution in [0.3, 0.4) is 0 Å². The van der Waals surface area contributed by atoms with Gasteiger partial charge in [-0.15, -0.1) is 23.1 Å². The van der Waals surface area contributed by atoms with Gasteiger partial charge in [0.2, 0.25) is 5.91 Å². The minimum atomic E-state index is -0.462. The maximum atomic E-state index is 13.2. The number of thiazole rings is 1. The molecule has 6 nitrogen and oxygen atoms in total. The van der Waals surface area contributed by atoms with Crippen LogP contribution in [0.25, 0.3) is 0 Å². The van der Waals surface area contributed by atoms with Gasteiger partial charge in [-0.1, -0.05) is 30.3 Å². The Labute approximate surface area is 196 Å². The first-order valence-electron chi connectivity index (χ1n) is 10.3. The van der Waals surface area contributed by atoms with Crippen molar-refractivity contribution in [1.82, 2.24) is 4.98 Å². The number of benzene rings is 2. The van der Waals surface area contributed by atoms with E-state index < -0.39 is 5.97 Å². The van der Waals surface area contributed by atoms with E-state index in [1.54, 1.807) is 18.9 Å². The van der Waals surface area contributed by atoms with Gasteiger partial charge in [-0.25, -0.2) is 9.78 Å². The highest BCUT2D eigenvalue weighted by atomic mass is 32.2. The summed E-state index contributed by atoms with van der Waals surface area (Å²) in [5, 5.41) is 0.516. The molecule has 0 saturated carbocycles. The number of aromatic nitrogens is 1. The smallest absolute Gasteiger partial charge is 0.358 e. The number of carbonyl (C=O) groups excluding carboxylic acids is 2. The molecule has 0 unspecified atom stereocenters. The van der Waals surface area contributed by atoms with Crippen LogP contribution < -0.4 is 9.64 Å². The summed E-state index contributed by atoms with van der Waals surface area (Å²) in [4.78, 5) is 33.3. The molecule has 0 aliphatic rings. The van der Waals surface area contributed by atoms with E-state index in [0.29, 0.717) is 18.1 Å². The Morgan fingerprint density at radius 3 is 2.47 bits per heavy atom. The average molecular weight is 471 g/mol. The Hall–Kier alpha value is -2.84. The number of anilines is 1. The molecule has 1 aromatic heterocycles. The Kier molecular flexibility index (Phi) is 8.70. The molecule has 32 heavy (non-hydrogen) atoms. The normalized spacial score (nSPS) is 10.6. The van der Waals surface area contributed by atoms with E-state index in [9.17, 15) is 9.59 Å². The van der Waals surface area contributed by atoms with Crippen LogP contribution in [0.15, 0.2) is 59.5 Å². The summed E-state index contributed by atoms with van der Waals surface area (Å²) in [5.41, 5.74) is 1.40. The van der Waals surface area contributed by atoms with Gasteiger partial charge >= 0.3 is 5.97 Å². The standard InChI is InChI=1S/C24H26N2O4S2/c1-4-30-23(28)22-17(2)32-24(25-22)26(15-14-18-8-6-5-7-9-18)21(27)16-31-20-12-10-19(29-3)11-13-20/h5-13H,4,14-16H2,1-3H3. The molecule has 1 heterocycles. The van der Waals surface area contributed by atoms with E-state index in [1.165, 1.54) is 23.1 Å². The fourth-order valence-corrected chi connectivity index (χ4v) is 4.71. The summed E-state index contributed by atoms with van der Waals surface area (Å²) in [6.45, 7) is 4.33. The molecule has 0 N–H and O–H groups in total. The summed E-state index contributed by atoms with van der Waals surface area (Å²) >= 11 is 2.79. The molecule has 0 saturated heterocycles. The van der Waals surface area contributed by atoms with Gasteiger partial charge in [0.05, 0.1) is 19.5 Å². The second-order valence-electron chi connectivity index (χ2n) is 6.87. The minimum absolute atomic E-state index is 0.0640. The summed E-state index contributed by atoms with van der Waals surface area (Å²) in [6.07, 6.45) is 0.688. The van der Waals surface area contributed by atoms with Gasteiger partial charge in [0.25, 0.3) is 0 Å². The van der Waals surface area contributed by atoms with Crippen molar-refractivity contribution in [3.05, 3.63) is 70.7 Å². The first kappa shape index (κ1) is 23.8. The second-order valence-corrected chi connectivity index (χ2v) is 9.10. The quantitative estimate of drug-likeness (QED) is 0.307. The van der Waals surface area contributed by atoms with Gasteiger partial charge in [-0.3, -0.25) is 9.69 Å². The third-order valence-electron chi connectivity index (χ3n) is 4.67. The fraction of sp³-hybridized carbons (Fsp3) is 0.292. The minimum Gasteiger partial charge on any atom is -0.497 e. The average Bonchev–Trinajstić information content (AvgIpc) is 3.20. The molecule has 168 valence electrons. The van der Waals surface area contributed by atoms with Crippen molar-refractivity contribution in [1.29, 1.82) is 0 Å². The van der Waals surface area contributed by atoms with Crippen LogP contribution in [0, 0.1) is 6.92 Å². The zero-order valence-electron chi connectivity index (χ0n) is 18.4. The predicted molar refractivity (Wildman–Crippen MR) is 129 cm³/mol. The van der Waals surface area contributed by atoms with Crippen LogP contribution in [0.4, 0.5) is 5.13 Å². The highest BCUT2D eigenvalue weighted by molar-refractivity contribution is 8.00. The SMILES string of the molecule is CCOC(=O)c1nc(N(CCc2ccccc2)C(=O)CSc2ccc(OC)cc2)sc1C. The highest BCUT2D eigenvalue weighted by Gasteiger charge is 2.24. The molecular weight excluding hydrogens is 444 g/mol. The predicted octanol–water partition coefficient (Wildman–Crippen LogP) is 5.00. The number of thioether (sulfide) groups is 1. The van der Waals surface area contributed by atoms with E-state index in [1.807, 2.05) is 61.5 Å². The molecule has 0 bridgehead atoms. The third kappa shape index (κ3) is 6.34. The van der Waals surface area contributed by atoms with Crippen molar-refractivity contribution in [3.8, 4) is 5.75 Å². The second kappa shape index (κ2) is 11.7. The Bertz CT molecular complexity index is 1040. The third-order valence-corrected chi connectivity index (χ3v) is 6.67. The number of ether oxygens (including phenoxy) is 2. The summed E-state index contributed by atoms with van der Waals surface area (Å²) < 4.78 is 10.3. The van der Waals surface area contributed by atoms with Crippen molar-refractivity contribution in [2.24, 2.45) is 0 Å². The van der Waals surface area contributed by atoms with E-state index in [-0.39, 0.29) is 24.0 Å². The van der Waals surface area contributed by atoms with Crippen LogP contribution in [0.5, 0.6) is 5.75 Å². The van der Waals surface area contributed by atoms with E-state index in [2.05, 4.69) is 4.98 Å². The molecule has 3 aromatic rings. The van der Waals surface area contributed by atoms with Crippen molar-refractivity contribution in [2.75, 3.05) is 30.9 Å². The fourth-order valence-electron chi connectivity index (χ4n) is 2.99. The van der Waals surface area contributed by atoms with Crippen LogP contribution in [0.2, 0.25) is 0 Å². The van der Waals surface area contributed by atoms with Crippen molar-refractivity contribution in [3.63, 3.8) is 0 Å². The monoisotopic (exact) mass is 470 g/mol. The maximum Gasteiger partial charge on any atom is 0.358 e. The molecule has 2 aromatic carbocycles. The molecule has 3 rings (SSSR count). The zero-order valence-corrected chi connectivity index (χ0v) is 20.0. The van der Waals surface area contributed by atoms with E-state index in [0.717, 1.165) is 21.1 Å². The van der Waals surface area contributed by atoms with Crippen LogP contribution in [-0.2, 0) is 16.0 Å². The van der Waals surface area contributed by atoms with Crippen molar-refractivity contribution in [2.45, 2.75) is 25.2 Å². The van der Waals surface area contributed by atoms with E-state index in [4.69, 9.17) is 9.47 Å². The summed E-state index contributed by atoms with van der Waals surface area (Å²) in [6, 6.07) is 17.6. The lowest BCUT2D eigenvalue weighted by Crippen LogP contribution is -2.34. The maximum absolute atomic E-state index is 13.2. The molecule has 8 heteroatoms. The molecule has 0 aliphatic carbocycles. The van der Waals surface area contributed by atoms with Crippen LogP contribution in [-0.4, -0.2) is 42.9 Å². The van der Waals surface area contributed by atoms with Crippen molar-refractivity contribution < 1.29 is 19.1 Å². The number of esters is 1. The van der Waals surface area contributed by atoms with Gasteiger partial charge in [0.1, 0.15) is 5.75 Å². The largest absolute Gasteiger partial charge is 0.497 e. The Balaban J connectivity index is 1.77. The van der Waals surface area contributed by atoms with Crippen LogP contribution in [0.1, 0.15) is 27.9 Å². The number of aryl methyl sites for hydroxylation is 1. The molecular formula is C24H26N2O4S2. The molecule has 0 radical (unpaired) electrons. The molecule has 0 spiro atoms. The molecule has 1 amide bonds. The van der Waals surface area contributed by atoms with Crippen LogP contribution >= 0.6 is 23.1 Å². The molecule has 0 aliphatic heterocycles. The van der Waals surface area contributed by atoms with Gasteiger partial charge in [0, 0.05) is 16.3 Å². The van der Waals surface area contributed by atoms with Crippen molar-refractivity contribution >= 4 is 40.1 Å². The lowest BCUT2D eigenvalue weighted by atomic mass is 10.1. The lowest BCUT2D eigenvalue weighted by molar-refractivity contribution is -0.116. The Morgan fingerprint density at radius 1 is 1.09 bits per heavy atom. The zero-order chi connectivity index (χ0) is 22.9. The first-order valence-corrected chi connectivity index (χ1v) is 12.1. The van der Waals surface area contributed by atoms with E-state index >= 15 is 0 Å². The number of hydrogen-bond donors (Lipinski definition) is 0. The first-order chi connectivity index (χ1) is 15.5. The highest BCUT2D eigenvalue weighted by Crippen LogP contribution is 2.28. The number of hydrogen-bond acceptors (Lipinski definition) is 7. The number of rotatable bonds is 10. The number of carbonyl (C=O) groups is 2. The summed E-state index contributed by atoms with van der Waals surface area (Å²) in [7, 11) is 1.62. The summed E-state index contributed by atoms with van der Waals surface area (Å²) in [5.74, 6) is 0.505. The topological polar surface area (TPSA) is 68.7 Å².